The highest BCUT2D eigenvalue weighted by Crippen LogP contribution is 2.19. The van der Waals surface area contributed by atoms with E-state index >= 15 is 0 Å². The number of nitrogen functional groups attached to an aromatic ring is 1. The lowest BCUT2D eigenvalue weighted by molar-refractivity contribution is 0.0951. The summed E-state index contributed by atoms with van der Waals surface area (Å²) in [6.07, 6.45) is 0. The van der Waals surface area contributed by atoms with Gasteiger partial charge in [0.25, 0.3) is 5.91 Å². The number of hydrogen-bond donors (Lipinski definition) is 2. The van der Waals surface area contributed by atoms with Crippen LogP contribution in [-0.2, 0) is 6.61 Å². The smallest absolute Gasteiger partial charge is 0.265 e. The number of rotatable bonds is 4. The molecule has 2 rings (SSSR count). The van der Waals surface area contributed by atoms with Crippen LogP contribution in [0, 0.1) is 0 Å². The molecule has 5 heteroatoms. The van der Waals surface area contributed by atoms with Crippen molar-refractivity contribution in [2.45, 2.75) is 6.61 Å². The molecule has 2 aromatic rings. The molecule has 19 heavy (non-hydrogen) atoms. The summed E-state index contributed by atoms with van der Waals surface area (Å²) in [7, 11) is 0. The molecule has 3 N–H and O–H groups in total. The minimum atomic E-state index is -0.326. The first-order valence-corrected chi connectivity index (χ1v) is 6.47. The minimum Gasteiger partial charge on any atom is -0.489 e. The van der Waals surface area contributed by atoms with Gasteiger partial charge in [-0.1, -0.05) is 40.2 Å². The summed E-state index contributed by atoms with van der Waals surface area (Å²) in [6.45, 7) is 0.306. The van der Waals surface area contributed by atoms with Gasteiger partial charge in [0, 0.05) is 15.6 Å². The van der Waals surface area contributed by atoms with Gasteiger partial charge in [-0.3, -0.25) is 10.2 Å². The van der Waals surface area contributed by atoms with E-state index in [1.54, 1.807) is 12.1 Å². The second-order valence-corrected chi connectivity index (χ2v) is 4.79. The fraction of sp³-hybridized carbons (Fsp3) is 0.0714. The molecule has 0 saturated carbocycles. The number of hydrazine groups is 1. The molecule has 0 heterocycles. The molecule has 0 aliphatic rings. The van der Waals surface area contributed by atoms with Crippen molar-refractivity contribution in [2.24, 2.45) is 5.84 Å². The Labute approximate surface area is 119 Å². The molecule has 0 bridgehead atoms. The normalized spacial score (nSPS) is 10.0. The van der Waals surface area contributed by atoms with Gasteiger partial charge in [-0.05, 0) is 24.3 Å². The van der Waals surface area contributed by atoms with Crippen LogP contribution in [0.25, 0.3) is 0 Å². The van der Waals surface area contributed by atoms with Crippen LogP contribution >= 0.6 is 15.9 Å². The highest BCUT2D eigenvalue weighted by Gasteiger charge is 2.09. The largest absolute Gasteiger partial charge is 0.489 e. The molecule has 98 valence electrons. The van der Waals surface area contributed by atoms with E-state index in [0.29, 0.717) is 12.2 Å². The van der Waals surface area contributed by atoms with Gasteiger partial charge in [0.15, 0.2) is 0 Å². The molecule has 0 aromatic heterocycles. The molecule has 0 spiro atoms. The van der Waals surface area contributed by atoms with E-state index in [2.05, 4.69) is 21.4 Å². The van der Waals surface area contributed by atoms with Crippen molar-refractivity contribution in [2.75, 3.05) is 0 Å². The number of hydrogen-bond acceptors (Lipinski definition) is 3. The van der Waals surface area contributed by atoms with Crippen LogP contribution < -0.4 is 16.0 Å². The quantitative estimate of drug-likeness (QED) is 0.517. The standard InChI is InChI=1S/C14H13BrN2O2/c15-11-5-3-6-12(8-11)19-9-10-4-1-2-7-13(10)14(18)17-16/h1-8H,9,16H2,(H,17,18). The molecule has 0 radical (unpaired) electrons. The van der Waals surface area contributed by atoms with Gasteiger partial charge in [0.2, 0.25) is 0 Å². The van der Waals surface area contributed by atoms with Crippen LogP contribution in [0.2, 0.25) is 0 Å². The summed E-state index contributed by atoms with van der Waals surface area (Å²) in [6, 6.07) is 14.7. The summed E-state index contributed by atoms with van der Waals surface area (Å²) in [4.78, 5) is 11.6. The summed E-state index contributed by atoms with van der Waals surface area (Å²) in [5.74, 6) is 5.56. The van der Waals surface area contributed by atoms with Crippen molar-refractivity contribution in [1.82, 2.24) is 5.43 Å². The second-order valence-electron chi connectivity index (χ2n) is 3.88. The number of nitrogens with one attached hydrogen (secondary N) is 1. The van der Waals surface area contributed by atoms with E-state index in [4.69, 9.17) is 10.6 Å². The third-order valence-electron chi connectivity index (χ3n) is 2.58. The summed E-state index contributed by atoms with van der Waals surface area (Å²) < 4.78 is 6.60. The Kier molecular flexibility index (Phi) is 4.54. The zero-order valence-corrected chi connectivity index (χ0v) is 11.7. The number of halogens is 1. The maximum Gasteiger partial charge on any atom is 0.265 e. The van der Waals surface area contributed by atoms with Gasteiger partial charge in [-0.15, -0.1) is 0 Å². The van der Waals surface area contributed by atoms with Gasteiger partial charge in [0.05, 0.1) is 0 Å². The lowest BCUT2D eigenvalue weighted by atomic mass is 10.1. The molecular weight excluding hydrogens is 308 g/mol. The first kappa shape index (κ1) is 13.6. The lowest BCUT2D eigenvalue weighted by Crippen LogP contribution is -2.30. The molecule has 2 aromatic carbocycles. The van der Waals surface area contributed by atoms with Crippen molar-refractivity contribution in [3.63, 3.8) is 0 Å². The zero-order chi connectivity index (χ0) is 13.7. The van der Waals surface area contributed by atoms with E-state index in [1.807, 2.05) is 36.4 Å². The Morgan fingerprint density at radius 1 is 1.21 bits per heavy atom. The molecule has 0 aliphatic carbocycles. The Hall–Kier alpha value is -1.85. The van der Waals surface area contributed by atoms with Gasteiger partial charge < -0.3 is 4.74 Å². The lowest BCUT2D eigenvalue weighted by Gasteiger charge is -2.10. The van der Waals surface area contributed by atoms with Crippen LogP contribution in [-0.4, -0.2) is 5.91 Å². The van der Waals surface area contributed by atoms with Crippen LogP contribution in [0.3, 0.4) is 0 Å². The van der Waals surface area contributed by atoms with Crippen molar-refractivity contribution in [3.8, 4) is 5.75 Å². The van der Waals surface area contributed by atoms with Crippen LogP contribution in [0.1, 0.15) is 15.9 Å². The highest BCUT2D eigenvalue weighted by molar-refractivity contribution is 9.10. The third kappa shape index (κ3) is 3.56. The molecular formula is C14H13BrN2O2. The molecule has 0 aliphatic heterocycles. The van der Waals surface area contributed by atoms with Crippen molar-refractivity contribution in [1.29, 1.82) is 0 Å². The topological polar surface area (TPSA) is 64.3 Å². The number of nitrogens with two attached hydrogens (primary N) is 1. The van der Waals surface area contributed by atoms with Crippen LogP contribution in [0.4, 0.5) is 0 Å². The van der Waals surface area contributed by atoms with Crippen LogP contribution in [0.5, 0.6) is 5.75 Å². The third-order valence-corrected chi connectivity index (χ3v) is 3.08. The zero-order valence-electron chi connectivity index (χ0n) is 10.1. The van der Waals surface area contributed by atoms with Crippen molar-refractivity contribution < 1.29 is 9.53 Å². The average molecular weight is 321 g/mol. The van der Waals surface area contributed by atoms with Gasteiger partial charge >= 0.3 is 0 Å². The van der Waals surface area contributed by atoms with E-state index in [0.717, 1.165) is 15.8 Å². The molecule has 0 atom stereocenters. The maximum atomic E-state index is 11.6. The Bertz CT molecular complexity index is 587. The van der Waals surface area contributed by atoms with Gasteiger partial charge in [0.1, 0.15) is 12.4 Å². The number of carbonyl (C=O) groups is 1. The monoisotopic (exact) mass is 320 g/mol. The Morgan fingerprint density at radius 2 is 2.00 bits per heavy atom. The first-order chi connectivity index (χ1) is 9.20. The van der Waals surface area contributed by atoms with Crippen molar-refractivity contribution in [3.05, 3.63) is 64.1 Å². The van der Waals surface area contributed by atoms with Crippen molar-refractivity contribution >= 4 is 21.8 Å². The molecule has 4 nitrogen and oxygen atoms in total. The maximum absolute atomic E-state index is 11.6. The number of ether oxygens (including phenoxy) is 1. The summed E-state index contributed by atoms with van der Waals surface area (Å²) in [5, 5.41) is 0. The van der Waals surface area contributed by atoms with E-state index in [1.165, 1.54) is 0 Å². The van der Waals surface area contributed by atoms with Gasteiger partial charge in [-0.2, -0.15) is 0 Å². The molecule has 1 amide bonds. The fourth-order valence-corrected chi connectivity index (χ4v) is 2.04. The van der Waals surface area contributed by atoms with E-state index < -0.39 is 0 Å². The number of carbonyl (C=O) groups excluding carboxylic acids is 1. The summed E-state index contributed by atoms with van der Waals surface area (Å²) >= 11 is 3.38. The highest BCUT2D eigenvalue weighted by atomic mass is 79.9. The first-order valence-electron chi connectivity index (χ1n) is 5.68. The SMILES string of the molecule is NNC(=O)c1ccccc1COc1cccc(Br)c1. The fourth-order valence-electron chi connectivity index (χ4n) is 1.66. The minimum absolute atomic E-state index is 0.306. The molecule has 0 unspecified atom stereocenters. The van der Waals surface area contributed by atoms with E-state index in [9.17, 15) is 4.79 Å². The Balaban J connectivity index is 2.13. The number of amides is 1. The molecule has 0 saturated heterocycles. The Morgan fingerprint density at radius 3 is 2.74 bits per heavy atom. The summed E-state index contributed by atoms with van der Waals surface area (Å²) in [5.41, 5.74) is 3.42. The van der Waals surface area contributed by atoms with Crippen LogP contribution in [0.15, 0.2) is 53.0 Å². The van der Waals surface area contributed by atoms with Gasteiger partial charge in [-0.25, -0.2) is 5.84 Å². The predicted octanol–water partition coefficient (Wildman–Crippen LogP) is 2.63. The molecule has 0 fully saturated rings. The number of benzene rings is 2. The van der Waals surface area contributed by atoms with E-state index in [-0.39, 0.29) is 5.91 Å². The predicted molar refractivity (Wildman–Crippen MR) is 76.6 cm³/mol. The average Bonchev–Trinajstić information content (AvgIpc) is 2.45. The second kappa shape index (κ2) is 6.36.